The highest BCUT2D eigenvalue weighted by atomic mass is 19.1. The van der Waals surface area contributed by atoms with E-state index in [0.29, 0.717) is 18.9 Å². The summed E-state index contributed by atoms with van der Waals surface area (Å²) in [6.07, 6.45) is 0.0243. The third kappa shape index (κ3) is 5.14. The molecule has 0 unspecified atom stereocenters. The van der Waals surface area contributed by atoms with Gasteiger partial charge in [-0.25, -0.2) is 8.78 Å². The molecule has 1 N–H and O–H groups in total. The van der Waals surface area contributed by atoms with E-state index in [1.165, 1.54) is 18.2 Å². The molecule has 0 aromatic heterocycles. The third-order valence-corrected chi connectivity index (χ3v) is 3.35. The fourth-order valence-electron chi connectivity index (χ4n) is 2.19. The molecule has 23 heavy (non-hydrogen) atoms. The van der Waals surface area contributed by atoms with Gasteiger partial charge in [0.1, 0.15) is 11.6 Å². The van der Waals surface area contributed by atoms with Crippen LogP contribution in [0.3, 0.4) is 0 Å². The van der Waals surface area contributed by atoms with Crippen molar-refractivity contribution in [1.29, 1.82) is 0 Å². The Bertz CT molecular complexity index is 654. The van der Waals surface area contributed by atoms with Crippen molar-refractivity contribution in [3.05, 3.63) is 65.2 Å². The molecule has 122 valence electrons. The minimum absolute atomic E-state index is 0.00748. The maximum absolute atomic E-state index is 13.5. The van der Waals surface area contributed by atoms with E-state index >= 15 is 0 Å². The van der Waals surface area contributed by atoms with Crippen molar-refractivity contribution in [1.82, 2.24) is 0 Å². The molecule has 0 saturated carbocycles. The van der Waals surface area contributed by atoms with Gasteiger partial charge in [-0.15, -0.1) is 0 Å². The molecular weight excluding hydrogens is 300 g/mol. The van der Waals surface area contributed by atoms with Crippen molar-refractivity contribution in [3.63, 3.8) is 0 Å². The Morgan fingerprint density at radius 1 is 1.13 bits per heavy atom. The Balaban J connectivity index is 1.92. The second kappa shape index (κ2) is 8.39. The van der Waals surface area contributed by atoms with Gasteiger partial charge in [0.05, 0.1) is 6.61 Å². The van der Waals surface area contributed by atoms with Crippen LogP contribution in [-0.4, -0.2) is 12.5 Å². The molecule has 0 fully saturated rings. The van der Waals surface area contributed by atoms with Gasteiger partial charge in [0.25, 0.3) is 0 Å². The second-order valence-electron chi connectivity index (χ2n) is 5.09. The van der Waals surface area contributed by atoms with Crippen LogP contribution < -0.4 is 5.32 Å². The predicted octanol–water partition coefficient (Wildman–Crippen LogP) is 4.07. The summed E-state index contributed by atoms with van der Waals surface area (Å²) in [6.45, 7) is 3.00. The first-order valence-electron chi connectivity index (χ1n) is 7.49. The van der Waals surface area contributed by atoms with E-state index in [9.17, 15) is 13.6 Å². The quantitative estimate of drug-likeness (QED) is 0.835. The van der Waals surface area contributed by atoms with Crippen LogP contribution in [0.5, 0.6) is 0 Å². The summed E-state index contributed by atoms with van der Waals surface area (Å²) in [6, 6.07) is 11.0. The van der Waals surface area contributed by atoms with Crippen molar-refractivity contribution in [2.45, 2.75) is 26.4 Å². The topological polar surface area (TPSA) is 38.3 Å². The highest BCUT2D eigenvalue weighted by Gasteiger charge is 2.11. The molecule has 5 heteroatoms. The Hall–Kier alpha value is -2.27. The molecule has 2 rings (SSSR count). The number of nitrogens with one attached hydrogen (secondary N) is 1. The molecule has 0 saturated heterocycles. The predicted molar refractivity (Wildman–Crippen MR) is 85.1 cm³/mol. The number of rotatable bonds is 7. The molecule has 0 aliphatic heterocycles. The van der Waals surface area contributed by atoms with Crippen LogP contribution >= 0.6 is 0 Å². The molecule has 0 heterocycles. The van der Waals surface area contributed by atoms with Crippen LogP contribution in [0.25, 0.3) is 0 Å². The number of carbonyl (C=O) groups is 1. The lowest BCUT2D eigenvalue weighted by Gasteiger charge is -2.08. The van der Waals surface area contributed by atoms with Crippen LogP contribution in [0.1, 0.15) is 24.5 Å². The number of amides is 1. The Kier molecular flexibility index (Phi) is 6.23. The first-order valence-corrected chi connectivity index (χ1v) is 7.49. The fraction of sp³-hybridized carbons (Fsp3) is 0.278. The number of hydrogen-bond donors (Lipinski definition) is 1. The zero-order valence-corrected chi connectivity index (χ0v) is 12.9. The molecule has 0 aliphatic rings. The van der Waals surface area contributed by atoms with Crippen LogP contribution in [0.4, 0.5) is 14.5 Å². The maximum atomic E-state index is 13.5. The van der Waals surface area contributed by atoms with Gasteiger partial charge in [-0.1, -0.05) is 18.2 Å². The van der Waals surface area contributed by atoms with Crippen LogP contribution in [0.15, 0.2) is 42.5 Å². The first-order chi connectivity index (χ1) is 11.1. The standard InChI is InChI=1S/C18H19F2NO2/c1-2-23-12-13-5-3-6-14(11-13)21-18(22)10-9-15-16(19)7-4-8-17(15)20/h3-8,11H,2,9-10,12H2,1H3,(H,21,22). The summed E-state index contributed by atoms with van der Waals surface area (Å²) in [4.78, 5) is 11.9. The van der Waals surface area contributed by atoms with Crippen molar-refractivity contribution in [3.8, 4) is 0 Å². The van der Waals surface area contributed by atoms with E-state index in [0.717, 1.165) is 5.56 Å². The summed E-state index contributed by atoms with van der Waals surface area (Å²) in [5.74, 6) is -1.55. The average Bonchev–Trinajstić information content (AvgIpc) is 2.53. The van der Waals surface area contributed by atoms with Crippen LogP contribution in [0.2, 0.25) is 0 Å². The Morgan fingerprint density at radius 2 is 1.83 bits per heavy atom. The summed E-state index contributed by atoms with van der Waals surface area (Å²) in [7, 11) is 0. The molecule has 3 nitrogen and oxygen atoms in total. The molecule has 0 bridgehead atoms. The van der Waals surface area contributed by atoms with E-state index in [1.54, 1.807) is 6.07 Å². The zero-order chi connectivity index (χ0) is 16.7. The Labute approximate surface area is 134 Å². The van der Waals surface area contributed by atoms with Crippen LogP contribution in [0, 0.1) is 11.6 Å². The molecule has 0 aliphatic carbocycles. The van der Waals surface area contributed by atoms with Crippen molar-refractivity contribution in [2.75, 3.05) is 11.9 Å². The molecule has 2 aromatic carbocycles. The lowest BCUT2D eigenvalue weighted by atomic mass is 10.1. The number of ether oxygens (including phenoxy) is 1. The number of benzene rings is 2. The van der Waals surface area contributed by atoms with E-state index in [-0.39, 0.29) is 24.3 Å². The minimum atomic E-state index is -0.628. The molecule has 0 spiro atoms. The van der Waals surface area contributed by atoms with Gasteiger partial charge in [-0.3, -0.25) is 4.79 Å². The largest absolute Gasteiger partial charge is 0.377 e. The van der Waals surface area contributed by atoms with Crippen molar-refractivity contribution < 1.29 is 18.3 Å². The molecule has 1 amide bonds. The maximum Gasteiger partial charge on any atom is 0.224 e. The fourth-order valence-corrected chi connectivity index (χ4v) is 2.19. The highest BCUT2D eigenvalue weighted by molar-refractivity contribution is 5.90. The average molecular weight is 319 g/mol. The van der Waals surface area contributed by atoms with Gasteiger partial charge in [-0.05, 0) is 43.2 Å². The van der Waals surface area contributed by atoms with Gasteiger partial charge < -0.3 is 10.1 Å². The van der Waals surface area contributed by atoms with Gasteiger partial charge >= 0.3 is 0 Å². The van der Waals surface area contributed by atoms with E-state index in [4.69, 9.17) is 4.74 Å². The molecule has 2 aromatic rings. The second-order valence-corrected chi connectivity index (χ2v) is 5.09. The smallest absolute Gasteiger partial charge is 0.224 e. The summed E-state index contributed by atoms with van der Waals surface area (Å²) in [5.41, 5.74) is 1.53. The van der Waals surface area contributed by atoms with E-state index < -0.39 is 11.6 Å². The molecular formula is C18H19F2NO2. The monoisotopic (exact) mass is 319 g/mol. The normalized spacial score (nSPS) is 10.6. The zero-order valence-electron chi connectivity index (χ0n) is 12.9. The summed E-state index contributed by atoms with van der Waals surface area (Å²) >= 11 is 0. The van der Waals surface area contributed by atoms with Crippen molar-refractivity contribution >= 4 is 11.6 Å². The number of carbonyl (C=O) groups excluding carboxylic acids is 1. The van der Waals surface area contributed by atoms with Gasteiger partial charge in [0.2, 0.25) is 5.91 Å². The SMILES string of the molecule is CCOCc1cccc(NC(=O)CCc2c(F)cccc2F)c1. The van der Waals surface area contributed by atoms with E-state index in [1.807, 2.05) is 25.1 Å². The highest BCUT2D eigenvalue weighted by Crippen LogP contribution is 2.16. The first kappa shape index (κ1) is 17.1. The van der Waals surface area contributed by atoms with Crippen LogP contribution in [-0.2, 0) is 22.6 Å². The molecule has 0 radical (unpaired) electrons. The number of anilines is 1. The number of hydrogen-bond acceptors (Lipinski definition) is 2. The Morgan fingerprint density at radius 3 is 2.52 bits per heavy atom. The molecule has 0 atom stereocenters. The lowest BCUT2D eigenvalue weighted by Crippen LogP contribution is -2.13. The number of halogens is 2. The third-order valence-electron chi connectivity index (χ3n) is 3.35. The van der Waals surface area contributed by atoms with E-state index in [2.05, 4.69) is 5.32 Å². The van der Waals surface area contributed by atoms with Gasteiger partial charge in [-0.2, -0.15) is 0 Å². The summed E-state index contributed by atoms with van der Waals surface area (Å²) in [5, 5.41) is 2.73. The summed E-state index contributed by atoms with van der Waals surface area (Å²) < 4.78 is 32.3. The van der Waals surface area contributed by atoms with Gasteiger partial charge in [0, 0.05) is 24.3 Å². The minimum Gasteiger partial charge on any atom is -0.377 e. The lowest BCUT2D eigenvalue weighted by molar-refractivity contribution is -0.116. The van der Waals surface area contributed by atoms with Crippen molar-refractivity contribution in [2.24, 2.45) is 0 Å². The van der Waals surface area contributed by atoms with Gasteiger partial charge in [0.15, 0.2) is 0 Å².